The Morgan fingerprint density at radius 3 is 2.17 bits per heavy atom. The fourth-order valence-electron chi connectivity index (χ4n) is 3.32. The van der Waals surface area contributed by atoms with Crippen molar-refractivity contribution in [3.63, 3.8) is 0 Å². The molecule has 0 saturated carbocycles. The molecule has 2 rings (SSSR count). The number of carbonyl (C=O) groups is 3. The van der Waals surface area contributed by atoms with Gasteiger partial charge in [-0.05, 0) is 51.5 Å². The van der Waals surface area contributed by atoms with E-state index in [9.17, 15) is 27.2 Å². The van der Waals surface area contributed by atoms with Gasteiger partial charge in [0.25, 0.3) is 5.91 Å². The molecule has 0 saturated heterocycles. The second-order valence-corrected chi connectivity index (χ2v) is 11.3. The Morgan fingerprint density at radius 1 is 1.02 bits per heavy atom. The van der Waals surface area contributed by atoms with Crippen LogP contribution in [0.3, 0.4) is 0 Å². The van der Waals surface area contributed by atoms with Crippen molar-refractivity contribution >= 4 is 39.6 Å². The topological polar surface area (TPSA) is 144 Å². The maximum atomic E-state index is 15.3. The zero-order valence-electron chi connectivity index (χ0n) is 23.4. The molecule has 0 radical (unpaired) electrons. The third kappa shape index (κ3) is 8.31. The van der Waals surface area contributed by atoms with Crippen molar-refractivity contribution in [2.75, 3.05) is 33.1 Å². The first kappa shape index (κ1) is 33.3. The fraction of sp³-hybridized carbons (Fsp3) is 0.400. The van der Waals surface area contributed by atoms with Gasteiger partial charge in [-0.1, -0.05) is 6.07 Å². The summed E-state index contributed by atoms with van der Waals surface area (Å²) >= 11 is 0. The number of carbonyl (C=O) groups excluding carboxylic acids is 3. The van der Waals surface area contributed by atoms with Crippen LogP contribution in [0.15, 0.2) is 24.3 Å². The van der Waals surface area contributed by atoms with Gasteiger partial charge in [0.2, 0.25) is 0 Å². The van der Waals surface area contributed by atoms with Crippen molar-refractivity contribution in [1.29, 1.82) is 0 Å². The van der Waals surface area contributed by atoms with Crippen LogP contribution in [0.2, 0.25) is 0 Å². The molecule has 0 bridgehead atoms. The van der Waals surface area contributed by atoms with E-state index in [1.807, 2.05) is 4.72 Å². The third-order valence-electron chi connectivity index (χ3n) is 5.31. The quantitative estimate of drug-likeness (QED) is 0.308. The predicted octanol–water partition coefficient (Wildman–Crippen LogP) is 3.53. The Morgan fingerprint density at radius 2 is 1.66 bits per heavy atom. The summed E-state index contributed by atoms with van der Waals surface area (Å²) in [5.74, 6) is -6.23. The molecule has 0 aliphatic rings. The van der Waals surface area contributed by atoms with Gasteiger partial charge in [-0.3, -0.25) is 9.63 Å². The molecule has 0 aromatic heterocycles. The van der Waals surface area contributed by atoms with Gasteiger partial charge in [0.05, 0.1) is 37.7 Å². The van der Waals surface area contributed by atoms with Gasteiger partial charge in [0.1, 0.15) is 18.0 Å². The molecule has 12 nitrogen and oxygen atoms in total. The molecule has 2 aromatic carbocycles. The van der Waals surface area contributed by atoms with E-state index < -0.39 is 81.1 Å². The van der Waals surface area contributed by atoms with Crippen LogP contribution in [0.5, 0.6) is 0 Å². The number of nitrogens with one attached hydrogen (secondary N) is 2. The Bertz CT molecular complexity index is 1430. The molecule has 0 atom stereocenters. The summed E-state index contributed by atoms with van der Waals surface area (Å²) in [4.78, 5) is 42.9. The number of hydrogen-bond acceptors (Lipinski definition) is 9. The lowest BCUT2D eigenvalue weighted by atomic mass is 10.1. The van der Waals surface area contributed by atoms with E-state index in [0.29, 0.717) is 10.6 Å². The summed E-state index contributed by atoms with van der Waals surface area (Å²) in [6.45, 7) is 4.04. The van der Waals surface area contributed by atoms with E-state index in [4.69, 9.17) is 9.57 Å². The summed E-state index contributed by atoms with van der Waals surface area (Å²) < 4.78 is 81.4. The number of ether oxygens (including phenoxy) is 2. The first-order valence-electron chi connectivity index (χ1n) is 11.9. The van der Waals surface area contributed by atoms with Gasteiger partial charge in [-0.2, -0.15) is 12.7 Å². The van der Waals surface area contributed by atoms with E-state index in [-0.39, 0.29) is 9.99 Å². The maximum Gasteiger partial charge on any atom is 0.425 e. The van der Waals surface area contributed by atoms with Gasteiger partial charge in [-0.25, -0.2) is 32.5 Å². The number of aryl methyl sites for hydroxylation is 1. The van der Waals surface area contributed by atoms with Gasteiger partial charge < -0.3 is 14.8 Å². The van der Waals surface area contributed by atoms with Gasteiger partial charge >= 0.3 is 22.3 Å². The summed E-state index contributed by atoms with van der Waals surface area (Å²) in [6, 6.07) is 4.76. The molecule has 0 spiro atoms. The zero-order valence-corrected chi connectivity index (χ0v) is 24.2. The van der Waals surface area contributed by atoms with E-state index >= 15 is 8.78 Å². The average molecular weight is 605 g/mol. The lowest BCUT2D eigenvalue weighted by Crippen LogP contribution is -2.50. The Balaban J connectivity index is 2.47. The van der Waals surface area contributed by atoms with Crippen LogP contribution in [0.4, 0.5) is 29.3 Å². The fourth-order valence-corrected chi connectivity index (χ4v) is 4.06. The van der Waals surface area contributed by atoms with Crippen molar-refractivity contribution < 1.29 is 50.3 Å². The van der Waals surface area contributed by atoms with E-state index in [0.717, 1.165) is 33.4 Å². The number of hydroxylamine groups is 2. The van der Waals surface area contributed by atoms with Crippen LogP contribution in [-0.4, -0.2) is 69.2 Å². The molecule has 2 amide bonds. The first-order valence-corrected chi connectivity index (χ1v) is 13.3. The summed E-state index contributed by atoms with van der Waals surface area (Å²) in [5, 5.41) is 2.79. The Hall–Kier alpha value is -3.89. The second-order valence-electron chi connectivity index (χ2n) is 9.50. The highest BCUT2D eigenvalue weighted by atomic mass is 32.2. The van der Waals surface area contributed by atoms with E-state index in [1.165, 1.54) is 32.9 Å². The van der Waals surface area contributed by atoms with Crippen molar-refractivity contribution in [3.8, 4) is 0 Å². The zero-order chi connectivity index (χ0) is 31.3. The van der Waals surface area contributed by atoms with Gasteiger partial charge in [0.15, 0.2) is 11.6 Å². The minimum Gasteiger partial charge on any atom is -0.465 e. The normalized spacial score (nSPS) is 11.6. The second kappa shape index (κ2) is 13.2. The molecule has 16 heteroatoms. The maximum absolute atomic E-state index is 15.3. The van der Waals surface area contributed by atoms with Crippen LogP contribution >= 0.6 is 0 Å². The Labute approximate surface area is 235 Å². The van der Waals surface area contributed by atoms with Crippen molar-refractivity contribution in [2.24, 2.45) is 0 Å². The predicted molar refractivity (Wildman–Crippen MR) is 141 cm³/mol. The van der Waals surface area contributed by atoms with E-state index in [1.54, 1.807) is 6.92 Å². The van der Waals surface area contributed by atoms with Crippen LogP contribution in [0.25, 0.3) is 0 Å². The van der Waals surface area contributed by atoms with E-state index in [2.05, 4.69) is 10.1 Å². The molecule has 0 fully saturated rings. The van der Waals surface area contributed by atoms with Crippen molar-refractivity contribution in [2.45, 2.75) is 39.8 Å². The number of anilines is 2. The monoisotopic (exact) mass is 604 g/mol. The lowest BCUT2D eigenvalue weighted by molar-refractivity contribution is -0.179. The molecule has 41 heavy (non-hydrogen) atoms. The minimum absolute atomic E-state index is 0.0898. The average Bonchev–Trinajstić information content (AvgIpc) is 2.88. The standard InChI is InChI=1S/C25H31F3N4O8S/c1-14-8-9-18(17(26)10-14)30-22-16(23(34)38-6)11-15(20(27)21(22)28)12-31(39-7)19(33)13-32(41(36,37)29-5)24(35)40-25(2,3)4/h8-11,29-30H,12-13H2,1-7H3. The first-order chi connectivity index (χ1) is 18.9. The van der Waals surface area contributed by atoms with Crippen LogP contribution in [0, 0.1) is 24.4 Å². The molecule has 2 aromatic rings. The summed E-state index contributed by atoms with van der Waals surface area (Å²) in [5.41, 5.74) is -2.68. The molecule has 0 aliphatic carbocycles. The number of benzene rings is 2. The molecule has 0 heterocycles. The Kier molecular flexibility index (Phi) is 10.7. The molecule has 0 unspecified atom stereocenters. The SMILES string of the molecule is CNS(=O)(=O)N(CC(=O)N(Cc1cc(C(=O)OC)c(Nc2ccc(C)cc2F)c(F)c1F)OC)C(=O)OC(C)(C)C. The van der Waals surface area contributed by atoms with Crippen molar-refractivity contribution in [1.82, 2.24) is 14.1 Å². The number of esters is 1. The highest BCUT2D eigenvalue weighted by molar-refractivity contribution is 7.87. The van der Waals surface area contributed by atoms with Gasteiger partial charge in [-0.15, -0.1) is 0 Å². The number of nitrogens with zero attached hydrogens (tertiary/aromatic N) is 2. The smallest absolute Gasteiger partial charge is 0.425 e. The third-order valence-corrected chi connectivity index (χ3v) is 6.68. The number of halogens is 3. The highest BCUT2D eigenvalue weighted by Gasteiger charge is 2.35. The van der Waals surface area contributed by atoms with Crippen LogP contribution < -0.4 is 10.0 Å². The lowest BCUT2D eigenvalue weighted by Gasteiger charge is -2.28. The molecular weight excluding hydrogens is 573 g/mol. The minimum atomic E-state index is -4.55. The number of rotatable bonds is 10. The van der Waals surface area contributed by atoms with Crippen molar-refractivity contribution in [3.05, 3.63) is 58.4 Å². The van der Waals surface area contributed by atoms with Crippen LogP contribution in [0.1, 0.15) is 42.3 Å². The largest absolute Gasteiger partial charge is 0.465 e. The number of methoxy groups -OCH3 is 1. The molecule has 226 valence electrons. The van der Waals surface area contributed by atoms with Crippen LogP contribution in [-0.2, 0) is 35.9 Å². The molecule has 2 N–H and O–H groups in total. The van der Waals surface area contributed by atoms with Gasteiger partial charge in [0, 0.05) is 12.6 Å². The highest BCUT2D eigenvalue weighted by Crippen LogP contribution is 2.31. The molecule has 0 aliphatic heterocycles. The molecular formula is C25H31F3N4O8S. The summed E-state index contributed by atoms with van der Waals surface area (Å²) in [6.07, 6.45) is -1.39. The number of amides is 2. The number of hydrogen-bond donors (Lipinski definition) is 2. The summed E-state index contributed by atoms with van der Waals surface area (Å²) in [7, 11) is -1.59.